The first-order valence-electron chi connectivity index (χ1n) is 9.54. The number of piperazine rings is 1. The van der Waals surface area contributed by atoms with Crippen LogP contribution in [0.5, 0.6) is 0 Å². The van der Waals surface area contributed by atoms with E-state index in [0.717, 1.165) is 19.6 Å². The highest BCUT2D eigenvalue weighted by molar-refractivity contribution is 6.02. The van der Waals surface area contributed by atoms with Gasteiger partial charge in [-0.15, -0.1) is 0 Å². The van der Waals surface area contributed by atoms with E-state index in [-0.39, 0.29) is 17.6 Å². The molecule has 0 radical (unpaired) electrons. The summed E-state index contributed by atoms with van der Waals surface area (Å²) in [4.78, 5) is 29.1. The molecule has 3 heterocycles. The third kappa shape index (κ3) is 4.38. The summed E-state index contributed by atoms with van der Waals surface area (Å²) in [5.74, 6) is 0.135. The van der Waals surface area contributed by atoms with Crippen molar-refractivity contribution in [2.24, 2.45) is 7.05 Å². The Hall–Kier alpha value is -3.39. The molecule has 2 aromatic heterocycles. The predicted octanol–water partition coefficient (Wildman–Crippen LogP) is 2.22. The lowest BCUT2D eigenvalue weighted by Crippen LogP contribution is -2.48. The number of amides is 2. The van der Waals surface area contributed by atoms with Crippen molar-refractivity contribution in [2.75, 3.05) is 31.5 Å². The fraction of sp³-hybridized carbons (Fsp3) is 0.286. The number of furan rings is 1. The molecule has 0 spiro atoms. The van der Waals surface area contributed by atoms with Crippen molar-refractivity contribution in [3.05, 3.63) is 71.8 Å². The molecule has 3 aromatic rings. The Balaban J connectivity index is 1.35. The summed E-state index contributed by atoms with van der Waals surface area (Å²) in [6.45, 7) is 3.81. The number of aromatic nitrogens is 2. The molecule has 4 rings (SSSR count). The van der Waals surface area contributed by atoms with Crippen LogP contribution >= 0.6 is 0 Å². The minimum atomic E-state index is -0.383. The molecule has 1 aliphatic rings. The molecule has 2 amide bonds. The molecular formula is C21H23N5O3. The maximum atomic E-state index is 12.8. The highest BCUT2D eigenvalue weighted by atomic mass is 16.3. The Kier molecular flexibility index (Phi) is 5.44. The minimum absolute atomic E-state index is 0.126. The number of hydrogen-bond donors (Lipinski definition) is 1. The predicted molar refractivity (Wildman–Crippen MR) is 107 cm³/mol. The number of benzene rings is 1. The topological polar surface area (TPSA) is 83.6 Å². The van der Waals surface area contributed by atoms with Crippen LogP contribution in [0.1, 0.15) is 26.6 Å². The largest absolute Gasteiger partial charge is 0.459 e. The molecule has 0 atom stereocenters. The molecule has 1 aromatic carbocycles. The second-order valence-corrected chi connectivity index (χ2v) is 7.02. The van der Waals surface area contributed by atoms with E-state index in [9.17, 15) is 9.59 Å². The van der Waals surface area contributed by atoms with Crippen LogP contribution in [-0.4, -0.2) is 57.6 Å². The zero-order valence-corrected chi connectivity index (χ0v) is 16.2. The van der Waals surface area contributed by atoms with Gasteiger partial charge in [0.05, 0.1) is 6.26 Å². The highest BCUT2D eigenvalue weighted by Crippen LogP contribution is 2.15. The van der Waals surface area contributed by atoms with Crippen LogP contribution in [0.15, 0.2) is 59.2 Å². The van der Waals surface area contributed by atoms with Crippen LogP contribution < -0.4 is 5.32 Å². The van der Waals surface area contributed by atoms with Crippen molar-refractivity contribution in [1.29, 1.82) is 0 Å². The van der Waals surface area contributed by atoms with Crippen molar-refractivity contribution in [1.82, 2.24) is 19.6 Å². The summed E-state index contributed by atoms with van der Waals surface area (Å²) in [5, 5.41) is 6.99. The van der Waals surface area contributed by atoms with Gasteiger partial charge in [0.15, 0.2) is 11.5 Å². The number of nitrogens with zero attached hydrogens (tertiary/aromatic N) is 4. The minimum Gasteiger partial charge on any atom is -0.459 e. The number of carbonyl (C=O) groups excluding carboxylic acids is 2. The maximum Gasteiger partial charge on any atom is 0.292 e. The zero-order valence-electron chi connectivity index (χ0n) is 16.2. The van der Waals surface area contributed by atoms with E-state index in [1.54, 1.807) is 25.2 Å². The zero-order chi connectivity index (χ0) is 20.2. The standard InChI is InChI=1S/C21H23N5O3/c1-24-19(22-20(27)18-8-5-13-29-18)14-17(23-24)21(28)26-11-9-25(10-12-26)15-16-6-3-2-4-7-16/h2-8,13-14H,9-12,15H2,1H3,(H,22,27). The molecule has 0 aliphatic carbocycles. The third-order valence-electron chi connectivity index (χ3n) is 4.99. The molecule has 1 N–H and O–H groups in total. The molecule has 150 valence electrons. The van der Waals surface area contributed by atoms with Gasteiger partial charge in [-0.05, 0) is 17.7 Å². The smallest absolute Gasteiger partial charge is 0.292 e. The summed E-state index contributed by atoms with van der Waals surface area (Å²) in [7, 11) is 1.69. The Morgan fingerprint density at radius 3 is 2.52 bits per heavy atom. The Morgan fingerprint density at radius 2 is 1.83 bits per heavy atom. The lowest BCUT2D eigenvalue weighted by molar-refractivity contribution is 0.0622. The molecule has 29 heavy (non-hydrogen) atoms. The average Bonchev–Trinajstić information content (AvgIpc) is 3.39. The van der Waals surface area contributed by atoms with E-state index in [1.165, 1.54) is 16.5 Å². The first kappa shape index (κ1) is 18.9. The van der Waals surface area contributed by atoms with Gasteiger partial charge in [0.25, 0.3) is 11.8 Å². The molecule has 1 fully saturated rings. The fourth-order valence-corrected chi connectivity index (χ4v) is 3.39. The summed E-state index contributed by atoms with van der Waals surface area (Å²) in [6, 6.07) is 15.1. The van der Waals surface area contributed by atoms with Gasteiger partial charge in [0.1, 0.15) is 5.82 Å². The van der Waals surface area contributed by atoms with E-state index in [0.29, 0.717) is 24.6 Å². The van der Waals surface area contributed by atoms with E-state index in [4.69, 9.17) is 4.42 Å². The van der Waals surface area contributed by atoms with Crippen molar-refractivity contribution >= 4 is 17.6 Å². The van der Waals surface area contributed by atoms with Crippen LogP contribution in [0.3, 0.4) is 0 Å². The number of aryl methyl sites for hydroxylation is 1. The lowest BCUT2D eigenvalue weighted by atomic mass is 10.2. The van der Waals surface area contributed by atoms with E-state index in [2.05, 4.69) is 27.4 Å². The second kappa shape index (κ2) is 8.32. The van der Waals surface area contributed by atoms with Gasteiger partial charge in [-0.3, -0.25) is 19.2 Å². The second-order valence-electron chi connectivity index (χ2n) is 7.02. The first-order chi connectivity index (χ1) is 14.1. The Labute approximate surface area is 168 Å². The van der Waals surface area contributed by atoms with Crippen LogP contribution in [0.25, 0.3) is 0 Å². The van der Waals surface area contributed by atoms with Gasteiger partial charge in [-0.1, -0.05) is 30.3 Å². The average molecular weight is 393 g/mol. The molecule has 1 saturated heterocycles. The molecule has 8 heteroatoms. The molecule has 0 unspecified atom stereocenters. The normalized spacial score (nSPS) is 14.7. The number of nitrogens with one attached hydrogen (secondary N) is 1. The van der Waals surface area contributed by atoms with Gasteiger partial charge < -0.3 is 14.6 Å². The van der Waals surface area contributed by atoms with E-state index < -0.39 is 0 Å². The maximum absolute atomic E-state index is 12.8. The van der Waals surface area contributed by atoms with Crippen LogP contribution in [0, 0.1) is 0 Å². The van der Waals surface area contributed by atoms with Crippen molar-refractivity contribution < 1.29 is 14.0 Å². The molecule has 1 aliphatic heterocycles. The molecule has 8 nitrogen and oxygen atoms in total. The monoisotopic (exact) mass is 393 g/mol. The first-order valence-corrected chi connectivity index (χ1v) is 9.54. The number of carbonyl (C=O) groups is 2. The van der Waals surface area contributed by atoms with Gasteiger partial charge in [-0.2, -0.15) is 5.10 Å². The summed E-state index contributed by atoms with van der Waals surface area (Å²) >= 11 is 0. The third-order valence-corrected chi connectivity index (χ3v) is 4.99. The molecule has 0 bridgehead atoms. The van der Waals surface area contributed by atoms with Crippen molar-refractivity contribution in [3.63, 3.8) is 0 Å². The number of hydrogen-bond acceptors (Lipinski definition) is 5. The van der Waals surface area contributed by atoms with Gasteiger partial charge in [0, 0.05) is 45.8 Å². The van der Waals surface area contributed by atoms with Crippen molar-refractivity contribution in [2.45, 2.75) is 6.54 Å². The van der Waals surface area contributed by atoms with Gasteiger partial charge >= 0.3 is 0 Å². The molecular weight excluding hydrogens is 370 g/mol. The highest BCUT2D eigenvalue weighted by Gasteiger charge is 2.25. The van der Waals surface area contributed by atoms with Crippen LogP contribution in [0.4, 0.5) is 5.82 Å². The van der Waals surface area contributed by atoms with Crippen molar-refractivity contribution in [3.8, 4) is 0 Å². The number of anilines is 1. The fourth-order valence-electron chi connectivity index (χ4n) is 3.39. The van der Waals surface area contributed by atoms with E-state index in [1.807, 2.05) is 23.1 Å². The molecule has 0 saturated carbocycles. The van der Waals surface area contributed by atoms with Gasteiger partial charge in [0.2, 0.25) is 0 Å². The Morgan fingerprint density at radius 1 is 1.07 bits per heavy atom. The summed E-state index contributed by atoms with van der Waals surface area (Å²) in [5.41, 5.74) is 1.59. The van der Waals surface area contributed by atoms with Gasteiger partial charge in [-0.25, -0.2) is 0 Å². The van der Waals surface area contributed by atoms with E-state index >= 15 is 0 Å². The SMILES string of the molecule is Cn1nc(C(=O)N2CCN(Cc3ccccc3)CC2)cc1NC(=O)c1ccco1. The summed E-state index contributed by atoms with van der Waals surface area (Å²) < 4.78 is 6.57. The quantitative estimate of drug-likeness (QED) is 0.719. The lowest BCUT2D eigenvalue weighted by Gasteiger charge is -2.34. The van der Waals surface area contributed by atoms with Crippen LogP contribution in [-0.2, 0) is 13.6 Å². The number of rotatable bonds is 5. The van der Waals surface area contributed by atoms with Crippen LogP contribution in [0.2, 0.25) is 0 Å². The summed E-state index contributed by atoms with van der Waals surface area (Å²) in [6.07, 6.45) is 1.44. The Bertz CT molecular complexity index is 973.